The molecule has 0 unspecified atom stereocenters. The summed E-state index contributed by atoms with van der Waals surface area (Å²) in [5.74, 6) is 0. The summed E-state index contributed by atoms with van der Waals surface area (Å²) in [4.78, 5) is 8.09. The number of nitrogens with zero attached hydrogens (tertiary/aromatic N) is 2. The molecule has 0 aromatic heterocycles. The normalized spacial score (nSPS) is 18.9. The van der Waals surface area contributed by atoms with Crippen molar-refractivity contribution >= 4 is 0 Å². The average Bonchev–Trinajstić information content (AvgIpc) is 2.30. The Kier molecular flexibility index (Phi) is 3.93. The van der Waals surface area contributed by atoms with Gasteiger partial charge in [-0.1, -0.05) is 29.8 Å². The monoisotopic (exact) mass is 220 g/mol. The van der Waals surface area contributed by atoms with Gasteiger partial charge in [0.05, 0.1) is 6.61 Å². The number of aryl methyl sites for hydroxylation is 1. The van der Waals surface area contributed by atoms with Crippen LogP contribution in [0.25, 0.3) is 0 Å². The molecule has 1 aromatic carbocycles. The number of hydroxylamine groups is 2. The fraction of sp³-hybridized carbons (Fsp3) is 0.538. The van der Waals surface area contributed by atoms with Crippen LogP contribution in [0.5, 0.6) is 0 Å². The van der Waals surface area contributed by atoms with Crippen molar-refractivity contribution in [3.8, 4) is 0 Å². The van der Waals surface area contributed by atoms with Crippen molar-refractivity contribution in [2.45, 2.75) is 13.5 Å². The Bertz CT molecular complexity index is 315. The maximum Gasteiger partial charge on any atom is 0.0935 e. The molecule has 0 aliphatic carbocycles. The summed E-state index contributed by atoms with van der Waals surface area (Å²) in [6, 6.07) is 8.52. The van der Waals surface area contributed by atoms with Gasteiger partial charge >= 0.3 is 0 Å². The molecule has 0 N–H and O–H groups in total. The van der Waals surface area contributed by atoms with Crippen molar-refractivity contribution in [3.05, 3.63) is 35.4 Å². The lowest BCUT2D eigenvalue weighted by Crippen LogP contribution is -2.44. The molecule has 0 saturated carbocycles. The minimum Gasteiger partial charge on any atom is -0.304 e. The Morgan fingerprint density at radius 3 is 2.31 bits per heavy atom. The van der Waals surface area contributed by atoms with Gasteiger partial charge < -0.3 is 4.90 Å². The lowest BCUT2D eigenvalue weighted by molar-refractivity contribution is -0.184. The Balaban J connectivity index is 1.77. The third-order valence-electron chi connectivity index (χ3n) is 3.00. The van der Waals surface area contributed by atoms with Crippen molar-refractivity contribution < 1.29 is 4.84 Å². The van der Waals surface area contributed by atoms with E-state index >= 15 is 0 Å². The molecule has 16 heavy (non-hydrogen) atoms. The SMILES string of the molecule is Cc1ccc(CON2CCN(C)CC2)cc1. The highest BCUT2D eigenvalue weighted by Gasteiger charge is 2.13. The second-order valence-corrected chi connectivity index (χ2v) is 4.49. The van der Waals surface area contributed by atoms with Crippen LogP contribution in [0.1, 0.15) is 11.1 Å². The molecular formula is C13H20N2O. The summed E-state index contributed by atoms with van der Waals surface area (Å²) < 4.78 is 0. The highest BCUT2D eigenvalue weighted by molar-refractivity contribution is 5.20. The first-order valence-electron chi connectivity index (χ1n) is 5.86. The minimum atomic E-state index is 0.685. The zero-order valence-corrected chi connectivity index (χ0v) is 10.1. The third-order valence-corrected chi connectivity index (χ3v) is 3.00. The van der Waals surface area contributed by atoms with E-state index in [0.717, 1.165) is 26.2 Å². The number of hydrogen-bond acceptors (Lipinski definition) is 3. The summed E-state index contributed by atoms with van der Waals surface area (Å²) in [6.45, 7) is 6.97. The second kappa shape index (κ2) is 5.43. The number of rotatable bonds is 3. The highest BCUT2D eigenvalue weighted by Crippen LogP contribution is 2.07. The van der Waals surface area contributed by atoms with Gasteiger partial charge in [0.25, 0.3) is 0 Å². The van der Waals surface area contributed by atoms with Crippen LogP contribution in [0.2, 0.25) is 0 Å². The van der Waals surface area contributed by atoms with Gasteiger partial charge in [-0.05, 0) is 19.5 Å². The van der Waals surface area contributed by atoms with Gasteiger partial charge in [0.2, 0.25) is 0 Å². The minimum absolute atomic E-state index is 0.685. The van der Waals surface area contributed by atoms with E-state index < -0.39 is 0 Å². The van der Waals surface area contributed by atoms with Gasteiger partial charge in [-0.2, -0.15) is 5.06 Å². The number of piperazine rings is 1. The molecule has 1 aliphatic heterocycles. The summed E-state index contributed by atoms with van der Waals surface area (Å²) in [6.07, 6.45) is 0. The second-order valence-electron chi connectivity index (χ2n) is 4.49. The molecule has 88 valence electrons. The van der Waals surface area contributed by atoms with Crippen LogP contribution in [0.15, 0.2) is 24.3 Å². The van der Waals surface area contributed by atoms with Gasteiger partial charge in [0.1, 0.15) is 0 Å². The fourth-order valence-corrected chi connectivity index (χ4v) is 1.77. The van der Waals surface area contributed by atoms with Crippen LogP contribution in [0.3, 0.4) is 0 Å². The summed E-state index contributed by atoms with van der Waals surface area (Å²) in [7, 11) is 2.15. The lowest BCUT2D eigenvalue weighted by atomic mass is 10.2. The van der Waals surface area contributed by atoms with Crippen LogP contribution < -0.4 is 0 Å². The average molecular weight is 220 g/mol. The van der Waals surface area contributed by atoms with Crippen LogP contribution in [0.4, 0.5) is 0 Å². The lowest BCUT2D eigenvalue weighted by Gasteiger charge is -2.31. The standard InChI is InChI=1S/C13H20N2O/c1-12-3-5-13(6-4-12)11-16-15-9-7-14(2)8-10-15/h3-6H,7-11H2,1-2H3. The maximum atomic E-state index is 5.76. The first kappa shape index (κ1) is 11.6. The smallest absolute Gasteiger partial charge is 0.0935 e. The van der Waals surface area contributed by atoms with Gasteiger partial charge in [-0.3, -0.25) is 4.84 Å². The van der Waals surface area contributed by atoms with Crippen molar-refractivity contribution in [1.82, 2.24) is 9.96 Å². The van der Waals surface area contributed by atoms with Crippen LogP contribution in [-0.2, 0) is 11.4 Å². The van der Waals surface area contributed by atoms with E-state index in [1.807, 2.05) is 0 Å². The fourth-order valence-electron chi connectivity index (χ4n) is 1.77. The molecule has 1 saturated heterocycles. The summed E-state index contributed by atoms with van der Waals surface area (Å²) in [5.41, 5.74) is 2.54. The highest BCUT2D eigenvalue weighted by atomic mass is 16.7. The van der Waals surface area contributed by atoms with Crippen molar-refractivity contribution in [2.24, 2.45) is 0 Å². The topological polar surface area (TPSA) is 15.7 Å². The Hall–Kier alpha value is -0.900. The van der Waals surface area contributed by atoms with E-state index in [4.69, 9.17) is 4.84 Å². The largest absolute Gasteiger partial charge is 0.304 e. The molecular weight excluding hydrogens is 200 g/mol. The van der Waals surface area contributed by atoms with Crippen molar-refractivity contribution in [2.75, 3.05) is 33.2 Å². The molecule has 2 rings (SSSR count). The van der Waals surface area contributed by atoms with Gasteiger partial charge in [-0.25, -0.2) is 0 Å². The van der Waals surface area contributed by atoms with E-state index in [-0.39, 0.29) is 0 Å². The van der Waals surface area contributed by atoms with E-state index in [9.17, 15) is 0 Å². The molecule has 0 atom stereocenters. The predicted molar refractivity (Wildman–Crippen MR) is 65.0 cm³/mol. The van der Waals surface area contributed by atoms with Crippen molar-refractivity contribution in [3.63, 3.8) is 0 Å². The first-order valence-corrected chi connectivity index (χ1v) is 5.86. The molecule has 3 heteroatoms. The Morgan fingerprint density at radius 2 is 1.69 bits per heavy atom. The van der Waals surface area contributed by atoms with Gasteiger partial charge in [-0.15, -0.1) is 0 Å². The van der Waals surface area contributed by atoms with Crippen LogP contribution >= 0.6 is 0 Å². The Labute approximate surface area is 97.6 Å². The van der Waals surface area contributed by atoms with Crippen LogP contribution in [-0.4, -0.2) is 43.2 Å². The number of hydrogen-bond donors (Lipinski definition) is 0. The zero-order valence-electron chi connectivity index (χ0n) is 10.1. The zero-order chi connectivity index (χ0) is 11.4. The number of likely N-dealkylation sites (N-methyl/N-ethyl adjacent to an activating group) is 1. The number of benzene rings is 1. The molecule has 0 bridgehead atoms. The van der Waals surface area contributed by atoms with E-state index in [1.165, 1.54) is 11.1 Å². The molecule has 3 nitrogen and oxygen atoms in total. The molecule has 1 aliphatic rings. The van der Waals surface area contributed by atoms with E-state index in [0.29, 0.717) is 6.61 Å². The molecule has 1 heterocycles. The van der Waals surface area contributed by atoms with Gasteiger partial charge in [0.15, 0.2) is 0 Å². The Morgan fingerprint density at radius 1 is 1.06 bits per heavy atom. The predicted octanol–water partition coefficient (Wildman–Crippen LogP) is 1.67. The summed E-state index contributed by atoms with van der Waals surface area (Å²) >= 11 is 0. The molecule has 1 fully saturated rings. The maximum absolute atomic E-state index is 5.76. The molecule has 0 amide bonds. The first-order chi connectivity index (χ1) is 7.74. The molecule has 0 radical (unpaired) electrons. The van der Waals surface area contributed by atoms with Crippen LogP contribution in [0, 0.1) is 6.92 Å². The van der Waals surface area contributed by atoms with Gasteiger partial charge in [0, 0.05) is 26.2 Å². The van der Waals surface area contributed by atoms with Crippen molar-refractivity contribution in [1.29, 1.82) is 0 Å². The van der Waals surface area contributed by atoms with E-state index in [1.54, 1.807) is 0 Å². The molecule has 1 aromatic rings. The quantitative estimate of drug-likeness (QED) is 0.770. The summed E-state index contributed by atoms with van der Waals surface area (Å²) in [5, 5.41) is 2.07. The third kappa shape index (κ3) is 3.30. The van der Waals surface area contributed by atoms with E-state index in [2.05, 4.69) is 48.2 Å². The molecule has 0 spiro atoms.